The molecule has 0 unspecified atom stereocenters. The summed E-state index contributed by atoms with van der Waals surface area (Å²) in [4.78, 5) is 13.9. The second kappa shape index (κ2) is 10.2. The van der Waals surface area contributed by atoms with Crippen LogP contribution in [0.3, 0.4) is 0 Å². The number of benzene rings is 3. The molecular weight excluding hydrogens is 474 g/mol. The summed E-state index contributed by atoms with van der Waals surface area (Å²) in [5.41, 5.74) is 4.13. The van der Waals surface area contributed by atoms with Crippen molar-refractivity contribution in [1.82, 2.24) is 5.32 Å². The minimum Gasteiger partial charge on any atom is -0.489 e. The number of amides is 1. The molecule has 0 bridgehead atoms. The predicted octanol–water partition coefficient (Wildman–Crippen LogP) is 6.04. The summed E-state index contributed by atoms with van der Waals surface area (Å²) in [7, 11) is 0. The van der Waals surface area contributed by atoms with Gasteiger partial charge in [-0.25, -0.2) is 4.79 Å². The summed E-state index contributed by atoms with van der Waals surface area (Å²) in [5, 5.41) is 12.0. The third kappa shape index (κ3) is 5.86. The van der Waals surface area contributed by atoms with Gasteiger partial charge in [-0.05, 0) is 79.6 Å². The average Bonchev–Trinajstić information content (AvgIpc) is 2.87. The lowest BCUT2D eigenvalue weighted by molar-refractivity contribution is -0.271. The zero-order chi connectivity index (χ0) is 25.2. The van der Waals surface area contributed by atoms with Gasteiger partial charge in [-0.3, -0.25) is 0 Å². The second-order valence-corrected chi connectivity index (χ2v) is 11.0. The monoisotopic (exact) mass is 505 g/mol. The first kappa shape index (κ1) is 24.7. The van der Waals surface area contributed by atoms with Crippen molar-refractivity contribution in [2.24, 2.45) is 0 Å². The fraction of sp³-hybridized carbons (Fsp3) is 0.345. The Bertz CT molecular complexity index is 1230. The SMILES string of the molecule is CC1(C)OCC(CCc2ccc3c(c2)Sc2ccc(OCc4ccccc4)cc2C3)(NC(=O)O)CO1. The van der Waals surface area contributed by atoms with E-state index in [-0.39, 0.29) is 13.2 Å². The average molecular weight is 506 g/mol. The van der Waals surface area contributed by atoms with E-state index in [9.17, 15) is 9.90 Å². The summed E-state index contributed by atoms with van der Waals surface area (Å²) in [6, 6.07) is 23.1. The van der Waals surface area contributed by atoms with Gasteiger partial charge in [0.25, 0.3) is 0 Å². The number of nitrogens with one attached hydrogen (secondary N) is 1. The van der Waals surface area contributed by atoms with Gasteiger partial charge in [0.2, 0.25) is 0 Å². The first-order valence-electron chi connectivity index (χ1n) is 12.2. The normalized spacial score (nSPS) is 17.5. The molecule has 3 aromatic rings. The van der Waals surface area contributed by atoms with Crippen LogP contribution in [0.25, 0.3) is 0 Å². The molecule has 188 valence electrons. The summed E-state index contributed by atoms with van der Waals surface area (Å²) >= 11 is 1.78. The topological polar surface area (TPSA) is 77.0 Å². The van der Waals surface area contributed by atoms with Crippen LogP contribution in [-0.4, -0.2) is 35.7 Å². The summed E-state index contributed by atoms with van der Waals surface area (Å²) in [6.45, 7) is 4.81. The van der Waals surface area contributed by atoms with Gasteiger partial charge in [0, 0.05) is 9.79 Å². The number of hydrogen-bond acceptors (Lipinski definition) is 5. The highest BCUT2D eigenvalue weighted by atomic mass is 32.2. The van der Waals surface area contributed by atoms with Gasteiger partial charge in [0.05, 0.1) is 18.8 Å². The first-order chi connectivity index (χ1) is 17.3. The van der Waals surface area contributed by atoms with E-state index in [0.29, 0.717) is 13.0 Å². The smallest absolute Gasteiger partial charge is 0.405 e. The van der Waals surface area contributed by atoms with Crippen molar-refractivity contribution in [2.75, 3.05) is 13.2 Å². The Balaban J connectivity index is 1.24. The largest absolute Gasteiger partial charge is 0.489 e. The number of hydrogen-bond donors (Lipinski definition) is 2. The summed E-state index contributed by atoms with van der Waals surface area (Å²) in [5.74, 6) is 0.181. The molecule has 1 saturated heterocycles. The molecule has 6 nitrogen and oxygen atoms in total. The van der Waals surface area contributed by atoms with Crippen LogP contribution in [0.5, 0.6) is 5.75 Å². The van der Waals surface area contributed by atoms with Crippen molar-refractivity contribution in [3.8, 4) is 5.75 Å². The molecule has 2 N–H and O–H groups in total. The number of carboxylic acid groups (broad SMARTS) is 1. The van der Waals surface area contributed by atoms with Gasteiger partial charge in [0.15, 0.2) is 5.79 Å². The van der Waals surface area contributed by atoms with Crippen molar-refractivity contribution in [1.29, 1.82) is 0 Å². The zero-order valence-corrected chi connectivity index (χ0v) is 21.4. The fourth-order valence-electron chi connectivity index (χ4n) is 4.54. The molecule has 2 aliphatic rings. The van der Waals surface area contributed by atoms with Gasteiger partial charge in [-0.1, -0.05) is 54.2 Å². The molecule has 2 aliphatic heterocycles. The zero-order valence-electron chi connectivity index (χ0n) is 20.6. The highest BCUT2D eigenvalue weighted by molar-refractivity contribution is 7.99. The van der Waals surface area contributed by atoms with E-state index >= 15 is 0 Å². The number of ether oxygens (including phenoxy) is 3. The van der Waals surface area contributed by atoms with E-state index in [2.05, 4.69) is 47.8 Å². The van der Waals surface area contributed by atoms with Crippen LogP contribution in [-0.2, 0) is 28.9 Å². The van der Waals surface area contributed by atoms with Crippen LogP contribution < -0.4 is 10.1 Å². The van der Waals surface area contributed by atoms with E-state index < -0.39 is 17.4 Å². The standard InChI is InChI=1S/C29H31NO5S/c1-28(2)34-18-29(19-35-28,30-27(31)32)13-12-20-8-9-22-15-23-16-24(10-11-25(23)36-26(22)14-20)33-17-21-6-4-3-5-7-21/h3-11,14,16,30H,12-13,15,17-19H2,1-2H3,(H,31,32). The molecule has 1 fully saturated rings. The van der Waals surface area contributed by atoms with E-state index in [0.717, 1.165) is 24.2 Å². The third-order valence-electron chi connectivity index (χ3n) is 6.67. The molecule has 0 aromatic heterocycles. The number of carbonyl (C=O) groups is 1. The summed E-state index contributed by atoms with van der Waals surface area (Å²) in [6.07, 6.45) is 1.12. The second-order valence-electron chi connectivity index (χ2n) is 9.95. The van der Waals surface area contributed by atoms with Crippen LogP contribution in [0, 0.1) is 0 Å². The Kier molecular flexibility index (Phi) is 6.97. The van der Waals surface area contributed by atoms with Crippen molar-refractivity contribution < 1.29 is 24.1 Å². The van der Waals surface area contributed by atoms with Crippen molar-refractivity contribution >= 4 is 17.9 Å². The lowest BCUT2D eigenvalue weighted by Crippen LogP contribution is -2.61. The minimum atomic E-state index is -1.06. The first-order valence-corrected chi connectivity index (χ1v) is 13.0. The molecule has 5 rings (SSSR count). The molecule has 0 atom stereocenters. The molecular formula is C29H31NO5S. The highest BCUT2D eigenvalue weighted by Crippen LogP contribution is 2.41. The van der Waals surface area contributed by atoms with Gasteiger partial charge in [0.1, 0.15) is 12.4 Å². The van der Waals surface area contributed by atoms with Crippen LogP contribution in [0.4, 0.5) is 4.79 Å². The molecule has 2 heterocycles. The van der Waals surface area contributed by atoms with Crippen LogP contribution in [0.2, 0.25) is 0 Å². The molecule has 1 amide bonds. The maximum atomic E-state index is 11.5. The van der Waals surface area contributed by atoms with Crippen molar-refractivity contribution in [3.63, 3.8) is 0 Å². The van der Waals surface area contributed by atoms with Gasteiger partial charge in [-0.15, -0.1) is 0 Å². The Morgan fingerprint density at radius 2 is 1.75 bits per heavy atom. The Labute approximate surface area is 216 Å². The van der Waals surface area contributed by atoms with Crippen LogP contribution >= 0.6 is 11.8 Å². The quantitative estimate of drug-likeness (QED) is 0.319. The maximum absolute atomic E-state index is 11.5. The summed E-state index contributed by atoms with van der Waals surface area (Å²) < 4.78 is 17.6. The molecule has 36 heavy (non-hydrogen) atoms. The molecule has 7 heteroatoms. The number of fused-ring (bicyclic) bond motifs is 2. The molecule has 0 saturated carbocycles. The Hall–Kier alpha value is -3.00. The fourth-order valence-corrected chi connectivity index (χ4v) is 5.66. The van der Waals surface area contributed by atoms with Gasteiger partial charge >= 0.3 is 6.09 Å². The van der Waals surface area contributed by atoms with E-state index in [4.69, 9.17) is 14.2 Å². The highest BCUT2D eigenvalue weighted by Gasteiger charge is 2.41. The maximum Gasteiger partial charge on any atom is 0.405 e. The lowest BCUT2D eigenvalue weighted by Gasteiger charge is -2.43. The van der Waals surface area contributed by atoms with Crippen LogP contribution in [0.15, 0.2) is 76.5 Å². The lowest BCUT2D eigenvalue weighted by atomic mass is 9.91. The van der Waals surface area contributed by atoms with Crippen LogP contribution in [0.1, 0.15) is 42.5 Å². The van der Waals surface area contributed by atoms with Crippen molar-refractivity contribution in [2.45, 2.75) is 60.8 Å². The van der Waals surface area contributed by atoms with Gasteiger partial charge < -0.3 is 24.6 Å². The number of aryl methyl sites for hydroxylation is 1. The van der Waals surface area contributed by atoms with E-state index in [1.807, 2.05) is 38.1 Å². The van der Waals surface area contributed by atoms with E-state index in [1.54, 1.807) is 11.8 Å². The predicted molar refractivity (Wildman–Crippen MR) is 139 cm³/mol. The Morgan fingerprint density at radius 1 is 0.972 bits per heavy atom. The molecule has 0 spiro atoms. The molecule has 0 aliphatic carbocycles. The third-order valence-corrected chi connectivity index (χ3v) is 7.89. The minimum absolute atomic E-state index is 0.286. The van der Waals surface area contributed by atoms with E-state index in [1.165, 1.54) is 26.5 Å². The number of rotatable bonds is 7. The van der Waals surface area contributed by atoms with Crippen molar-refractivity contribution in [3.05, 3.63) is 89.0 Å². The van der Waals surface area contributed by atoms with Gasteiger partial charge in [-0.2, -0.15) is 0 Å². The molecule has 0 radical (unpaired) electrons. The molecule has 3 aromatic carbocycles. The Morgan fingerprint density at radius 3 is 2.50 bits per heavy atom.